The van der Waals surface area contributed by atoms with Crippen LogP contribution in [0.4, 0.5) is 10.8 Å². The molecule has 4 rings (SSSR count). The first-order valence-corrected chi connectivity index (χ1v) is 10.6. The summed E-state index contributed by atoms with van der Waals surface area (Å²) in [4.78, 5) is 27.9. The lowest BCUT2D eigenvalue weighted by Crippen LogP contribution is -2.07. The molecule has 0 bridgehead atoms. The van der Waals surface area contributed by atoms with E-state index < -0.39 is 0 Å². The fourth-order valence-corrected chi connectivity index (χ4v) is 4.00. The van der Waals surface area contributed by atoms with Crippen molar-refractivity contribution in [2.75, 3.05) is 10.6 Å². The number of anilines is 2. The van der Waals surface area contributed by atoms with Gasteiger partial charge in [-0.15, -0.1) is 0 Å². The summed E-state index contributed by atoms with van der Waals surface area (Å²) in [6.45, 7) is 3.39. The first kappa shape index (κ1) is 20.8. The summed E-state index contributed by atoms with van der Waals surface area (Å²) in [7, 11) is 0. The van der Waals surface area contributed by atoms with Crippen molar-refractivity contribution < 1.29 is 14.0 Å². The Kier molecular flexibility index (Phi) is 5.88. The Hall–Kier alpha value is -3.42. The van der Waals surface area contributed by atoms with Crippen molar-refractivity contribution in [3.05, 3.63) is 71.0 Å². The zero-order valence-electron chi connectivity index (χ0n) is 16.7. The predicted molar refractivity (Wildman–Crippen MR) is 125 cm³/mol. The maximum absolute atomic E-state index is 12.3. The maximum atomic E-state index is 12.3. The average Bonchev–Trinajstić information content (AvgIpc) is 3.34. The van der Waals surface area contributed by atoms with Gasteiger partial charge in [-0.05, 0) is 55.0 Å². The van der Waals surface area contributed by atoms with Gasteiger partial charge in [0.25, 0.3) is 0 Å². The van der Waals surface area contributed by atoms with E-state index in [1.807, 2.05) is 37.3 Å². The summed E-state index contributed by atoms with van der Waals surface area (Å²) in [5.41, 5.74) is 3.29. The van der Waals surface area contributed by atoms with Gasteiger partial charge in [-0.3, -0.25) is 14.9 Å². The first-order valence-electron chi connectivity index (χ1n) is 9.41. The molecule has 0 saturated heterocycles. The van der Waals surface area contributed by atoms with Crippen LogP contribution in [0.25, 0.3) is 27.6 Å². The summed E-state index contributed by atoms with van der Waals surface area (Å²) < 4.78 is 6.64. The smallest absolute Gasteiger partial charge is 0.250 e. The van der Waals surface area contributed by atoms with E-state index in [0.29, 0.717) is 27.4 Å². The van der Waals surface area contributed by atoms with E-state index >= 15 is 0 Å². The first-order chi connectivity index (χ1) is 14.9. The standard InChI is InChI=1S/C23H18ClN3O3S/c1-13-3-4-15(11-18(13)24)20-9-6-17(30-20)7-10-22(29)27-23-26-19-8-5-16(25-14(2)28)12-21(19)31-23/h3-12H,1-2H3,(H,25,28)(H,26,27,29)/b10-7+. The van der Waals surface area contributed by atoms with Crippen LogP contribution in [0.5, 0.6) is 0 Å². The molecule has 4 aromatic rings. The molecule has 2 N–H and O–H groups in total. The number of aromatic nitrogens is 1. The Labute approximate surface area is 187 Å². The molecule has 0 aliphatic heterocycles. The number of carbonyl (C=O) groups excluding carboxylic acids is 2. The number of nitrogens with one attached hydrogen (secondary N) is 2. The third-order valence-corrected chi connectivity index (χ3v) is 5.76. The van der Waals surface area contributed by atoms with Crippen molar-refractivity contribution in [2.45, 2.75) is 13.8 Å². The molecule has 0 radical (unpaired) electrons. The zero-order chi connectivity index (χ0) is 22.0. The van der Waals surface area contributed by atoms with E-state index in [4.69, 9.17) is 16.0 Å². The van der Waals surface area contributed by atoms with Crippen LogP contribution >= 0.6 is 22.9 Å². The quantitative estimate of drug-likeness (QED) is 0.357. The van der Waals surface area contributed by atoms with Gasteiger partial charge in [-0.25, -0.2) is 4.98 Å². The van der Waals surface area contributed by atoms with Gasteiger partial charge in [0.1, 0.15) is 11.5 Å². The van der Waals surface area contributed by atoms with Crippen molar-refractivity contribution in [3.63, 3.8) is 0 Å². The van der Waals surface area contributed by atoms with E-state index in [0.717, 1.165) is 21.3 Å². The molecule has 0 fully saturated rings. The van der Waals surface area contributed by atoms with Gasteiger partial charge in [-0.1, -0.05) is 35.1 Å². The van der Waals surface area contributed by atoms with Crippen LogP contribution in [-0.2, 0) is 9.59 Å². The highest BCUT2D eigenvalue weighted by Gasteiger charge is 2.09. The Morgan fingerprint density at radius 3 is 2.71 bits per heavy atom. The summed E-state index contributed by atoms with van der Waals surface area (Å²) in [6.07, 6.45) is 2.98. The molecule has 2 aromatic carbocycles. The van der Waals surface area contributed by atoms with Gasteiger partial charge >= 0.3 is 0 Å². The topological polar surface area (TPSA) is 84.2 Å². The predicted octanol–water partition coefficient (Wildman–Crippen LogP) is 6.13. The van der Waals surface area contributed by atoms with Crippen molar-refractivity contribution in [1.82, 2.24) is 4.98 Å². The fraction of sp³-hybridized carbons (Fsp3) is 0.0870. The van der Waals surface area contributed by atoms with Gasteiger partial charge in [0, 0.05) is 29.3 Å². The number of nitrogens with zero attached hydrogens (tertiary/aromatic N) is 1. The molecule has 2 heterocycles. The second kappa shape index (κ2) is 8.75. The molecule has 0 aliphatic carbocycles. The Morgan fingerprint density at radius 2 is 1.94 bits per heavy atom. The Balaban J connectivity index is 1.43. The number of hydrogen-bond donors (Lipinski definition) is 2. The third kappa shape index (κ3) is 5.02. The van der Waals surface area contributed by atoms with Gasteiger partial charge in [-0.2, -0.15) is 0 Å². The summed E-state index contributed by atoms with van der Waals surface area (Å²) in [5.74, 6) is 0.751. The maximum Gasteiger partial charge on any atom is 0.250 e. The lowest BCUT2D eigenvalue weighted by Gasteiger charge is -2.00. The summed E-state index contributed by atoms with van der Waals surface area (Å²) in [5, 5.41) is 6.62. The molecule has 6 nitrogen and oxygen atoms in total. The molecule has 2 aromatic heterocycles. The number of carbonyl (C=O) groups is 2. The number of thiazole rings is 1. The minimum Gasteiger partial charge on any atom is -0.457 e. The van der Waals surface area contributed by atoms with Crippen LogP contribution in [0.2, 0.25) is 5.02 Å². The molecule has 156 valence electrons. The molecular formula is C23H18ClN3O3S. The largest absolute Gasteiger partial charge is 0.457 e. The third-order valence-electron chi connectivity index (χ3n) is 4.42. The van der Waals surface area contributed by atoms with Crippen LogP contribution < -0.4 is 10.6 Å². The number of rotatable bonds is 5. The average molecular weight is 452 g/mol. The van der Waals surface area contributed by atoms with E-state index in [1.165, 1.54) is 24.3 Å². The van der Waals surface area contributed by atoms with Crippen LogP contribution in [-0.4, -0.2) is 16.8 Å². The minimum absolute atomic E-state index is 0.144. The molecule has 8 heteroatoms. The van der Waals surface area contributed by atoms with E-state index in [9.17, 15) is 9.59 Å². The summed E-state index contributed by atoms with van der Waals surface area (Å²) in [6, 6.07) is 14.7. The number of halogens is 1. The van der Waals surface area contributed by atoms with E-state index in [2.05, 4.69) is 15.6 Å². The van der Waals surface area contributed by atoms with E-state index in [1.54, 1.807) is 24.3 Å². The fourth-order valence-electron chi connectivity index (χ4n) is 2.91. The SMILES string of the molecule is CC(=O)Nc1ccc2nc(NC(=O)/C=C/c3ccc(-c4ccc(C)c(Cl)c4)o3)sc2c1. The van der Waals surface area contributed by atoms with Gasteiger partial charge in [0.2, 0.25) is 11.8 Å². The number of aryl methyl sites for hydroxylation is 1. The van der Waals surface area contributed by atoms with Gasteiger partial charge in [0.05, 0.1) is 10.2 Å². The zero-order valence-corrected chi connectivity index (χ0v) is 18.3. The summed E-state index contributed by atoms with van der Waals surface area (Å²) >= 11 is 7.51. The highest BCUT2D eigenvalue weighted by Crippen LogP contribution is 2.29. The van der Waals surface area contributed by atoms with Crippen LogP contribution in [0.1, 0.15) is 18.2 Å². The monoisotopic (exact) mass is 451 g/mol. The number of amides is 2. The molecule has 31 heavy (non-hydrogen) atoms. The number of hydrogen-bond acceptors (Lipinski definition) is 5. The van der Waals surface area contributed by atoms with Crippen molar-refractivity contribution in [2.24, 2.45) is 0 Å². The van der Waals surface area contributed by atoms with Crippen LogP contribution in [0.15, 0.2) is 59.0 Å². The van der Waals surface area contributed by atoms with Crippen LogP contribution in [0, 0.1) is 6.92 Å². The minimum atomic E-state index is -0.322. The lowest BCUT2D eigenvalue weighted by atomic mass is 10.1. The lowest BCUT2D eigenvalue weighted by molar-refractivity contribution is -0.114. The molecular weight excluding hydrogens is 434 g/mol. The Bertz CT molecular complexity index is 1320. The highest BCUT2D eigenvalue weighted by molar-refractivity contribution is 7.22. The molecule has 0 aliphatic rings. The van der Waals surface area contributed by atoms with Crippen LogP contribution in [0.3, 0.4) is 0 Å². The normalized spacial score (nSPS) is 11.2. The molecule has 0 saturated carbocycles. The molecule has 0 unspecified atom stereocenters. The number of benzene rings is 2. The molecule has 0 spiro atoms. The molecule has 2 amide bonds. The number of fused-ring (bicyclic) bond motifs is 1. The second-order valence-electron chi connectivity index (χ2n) is 6.87. The van der Waals surface area contributed by atoms with Crippen molar-refractivity contribution in [1.29, 1.82) is 0 Å². The second-order valence-corrected chi connectivity index (χ2v) is 8.31. The highest BCUT2D eigenvalue weighted by atomic mass is 35.5. The van der Waals surface area contributed by atoms with Gasteiger partial charge < -0.3 is 9.73 Å². The van der Waals surface area contributed by atoms with Crippen molar-refractivity contribution in [3.8, 4) is 11.3 Å². The Morgan fingerprint density at radius 1 is 1.10 bits per heavy atom. The number of furan rings is 1. The van der Waals surface area contributed by atoms with Gasteiger partial charge in [0.15, 0.2) is 5.13 Å². The van der Waals surface area contributed by atoms with E-state index in [-0.39, 0.29) is 11.8 Å². The van der Waals surface area contributed by atoms with Crippen molar-refractivity contribution >= 4 is 61.9 Å². The molecule has 0 atom stereocenters.